The average molecular weight is 380 g/mol. The Morgan fingerprint density at radius 1 is 1.15 bits per heavy atom. The molecule has 0 saturated carbocycles. The fraction of sp³-hybridized carbons (Fsp3) is 0.143. The van der Waals surface area contributed by atoms with Crippen LogP contribution in [-0.2, 0) is 6.54 Å². The Bertz CT molecular complexity index is 1150. The Hall–Kier alpha value is -2.99. The molecule has 2 aromatic carbocycles. The van der Waals surface area contributed by atoms with Crippen molar-refractivity contribution in [2.24, 2.45) is 0 Å². The van der Waals surface area contributed by atoms with Crippen LogP contribution in [-0.4, -0.2) is 16.2 Å². The number of benzene rings is 2. The lowest BCUT2D eigenvalue weighted by Gasteiger charge is -2.08. The molecule has 0 amide bonds. The van der Waals surface area contributed by atoms with Gasteiger partial charge in [0.05, 0.1) is 24.9 Å². The fourth-order valence-electron chi connectivity index (χ4n) is 3.00. The first kappa shape index (κ1) is 17.4. The Kier molecular flexibility index (Phi) is 4.73. The quantitative estimate of drug-likeness (QED) is 0.504. The highest BCUT2D eigenvalue weighted by Gasteiger charge is 2.14. The maximum atomic E-state index is 14.0. The lowest BCUT2D eigenvalue weighted by Crippen LogP contribution is -2.21. The van der Waals surface area contributed by atoms with Crippen molar-refractivity contribution in [3.63, 3.8) is 0 Å². The van der Waals surface area contributed by atoms with Gasteiger partial charge in [0.1, 0.15) is 16.4 Å². The van der Waals surface area contributed by atoms with E-state index in [1.165, 1.54) is 28.3 Å². The highest BCUT2D eigenvalue weighted by molar-refractivity contribution is 7.17. The zero-order chi connectivity index (χ0) is 18.8. The summed E-state index contributed by atoms with van der Waals surface area (Å²) in [5.41, 5.74) is 2.04. The molecule has 4 nitrogen and oxygen atoms in total. The van der Waals surface area contributed by atoms with Crippen molar-refractivity contribution in [2.45, 2.75) is 13.5 Å². The van der Waals surface area contributed by atoms with E-state index in [1.807, 2.05) is 36.6 Å². The summed E-state index contributed by atoms with van der Waals surface area (Å²) in [4.78, 5) is 18.1. The molecule has 0 aliphatic heterocycles. The lowest BCUT2D eigenvalue weighted by molar-refractivity contribution is 0.340. The lowest BCUT2D eigenvalue weighted by atomic mass is 10.1. The van der Waals surface area contributed by atoms with E-state index in [2.05, 4.69) is 4.98 Å². The standard InChI is InChI=1S/C21H17FN2O2S/c1-2-26-16-9-7-14(8-10-16)17-12-27-20-19(17)21(25)24(13-23-20)11-15-5-3-4-6-18(15)22/h3-10,12-13H,2,11H2,1H3. The fourth-order valence-corrected chi connectivity index (χ4v) is 3.91. The molecule has 0 unspecified atom stereocenters. The van der Waals surface area contributed by atoms with E-state index in [0.717, 1.165) is 16.9 Å². The van der Waals surface area contributed by atoms with E-state index < -0.39 is 0 Å². The summed E-state index contributed by atoms with van der Waals surface area (Å²) < 4.78 is 20.9. The van der Waals surface area contributed by atoms with Crippen molar-refractivity contribution in [3.8, 4) is 16.9 Å². The van der Waals surface area contributed by atoms with Gasteiger partial charge >= 0.3 is 0 Å². The number of fused-ring (bicyclic) bond motifs is 1. The average Bonchev–Trinajstić information content (AvgIpc) is 3.11. The maximum absolute atomic E-state index is 14.0. The van der Waals surface area contributed by atoms with Gasteiger partial charge in [0.25, 0.3) is 5.56 Å². The molecule has 0 saturated heterocycles. The van der Waals surface area contributed by atoms with Crippen molar-refractivity contribution in [1.82, 2.24) is 9.55 Å². The molecule has 0 spiro atoms. The molecule has 0 fully saturated rings. The SMILES string of the molecule is CCOc1ccc(-c2csc3ncn(Cc4ccccc4F)c(=O)c23)cc1. The molecular weight excluding hydrogens is 363 g/mol. The van der Waals surface area contributed by atoms with E-state index in [-0.39, 0.29) is 17.9 Å². The molecule has 0 bridgehead atoms. The Balaban J connectivity index is 1.77. The number of thiophene rings is 1. The predicted molar refractivity (Wildman–Crippen MR) is 106 cm³/mol. The smallest absolute Gasteiger partial charge is 0.263 e. The molecule has 2 aromatic heterocycles. The molecule has 0 aliphatic carbocycles. The molecule has 136 valence electrons. The number of halogens is 1. The Morgan fingerprint density at radius 2 is 1.93 bits per heavy atom. The number of aromatic nitrogens is 2. The van der Waals surface area contributed by atoms with Crippen LogP contribution in [0.1, 0.15) is 12.5 Å². The van der Waals surface area contributed by atoms with E-state index >= 15 is 0 Å². The van der Waals surface area contributed by atoms with Crippen molar-refractivity contribution < 1.29 is 9.13 Å². The second kappa shape index (κ2) is 7.32. The third-order valence-electron chi connectivity index (χ3n) is 4.34. The maximum Gasteiger partial charge on any atom is 0.263 e. The minimum atomic E-state index is -0.332. The molecule has 0 radical (unpaired) electrons. The van der Waals surface area contributed by atoms with Gasteiger partial charge in [0, 0.05) is 16.5 Å². The zero-order valence-corrected chi connectivity index (χ0v) is 15.5. The van der Waals surface area contributed by atoms with E-state index in [9.17, 15) is 9.18 Å². The number of hydrogen-bond acceptors (Lipinski definition) is 4. The first-order valence-corrected chi connectivity index (χ1v) is 9.48. The summed E-state index contributed by atoms with van der Waals surface area (Å²) in [6, 6.07) is 14.1. The molecule has 0 atom stereocenters. The molecule has 0 N–H and O–H groups in total. The van der Waals surface area contributed by atoms with Crippen LogP contribution in [0.4, 0.5) is 4.39 Å². The summed E-state index contributed by atoms with van der Waals surface area (Å²) in [5, 5.41) is 2.49. The van der Waals surface area contributed by atoms with Crippen LogP contribution in [0.25, 0.3) is 21.3 Å². The van der Waals surface area contributed by atoms with Gasteiger partial charge in [-0.25, -0.2) is 9.37 Å². The van der Waals surface area contributed by atoms with Gasteiger partial charge in [0.15, 0.2) is 0 Å². The van der Waals surface area contributed by atoms with Crippen LogP contribution < -0.4 is 10.3 Å². The van der Waals surface area contributed by atoms with Crippen LogP contribution >= 0.6 is 11.3 Å². The van der Waals surface area contributed by atoms with Crippen molar-refractivity contribution in [3.05, 3.63) is 82.0 Å². The van der Waals surface area contributed by atoms with Crippen molar-refractivity contribution in [2.75, 3.05) is 6.61 Å². The van der Waals surface area contributed by atoms with Gasteiger partial charge < -0.3 is 4.74 Å². The largest absolute Gasteiger partial charge is 0.494 e. The molecule has 4 rings (SSSR count). The highest BCUT2D eigenvalue weighted by Crippen LogP contribution is 2.31. The Morgan fingerprint density at radius 3 is 2.67 bits per heavy atom. The third-order valence-corrected chi connectivity index (χ3v) is 5.22. The van der Waals surface area contributed by atoms with Crippen LogP contribution in [0.3, 0.4) is 0 Å². The first-order chi connectivity index (χ1) is 13.2. The van der Waals surface area contributed by atoms with Gasteiger partial charge in [-0.05, 0) is 30.7 Å². The summed E-state index contributed by atoms with van der Waals surface area (Å²) in [6.07, 6.45) is 1.48. The summed E-state index contributed by atoms with van der Waals surface area (Å²) in [6.45, 7) is 2.68. The number of ether oxygens (including phenoxy) is 1. The summed E-state index contributed by atoms with van der Waals surface area (Å²) >= 11 is 1.43. The van der Waals surface area contributed by atoms with Gasteiger partial charge in [-0.3, -0.25) is 9.36 Å². The zero-order valence-electron chi connectivity index (χ0n) is 14.7. The molecule has 4 aromatic rings. The minimum absolute atomic E-state index is 0.146. The van der Waals surface area contributed by atoms with Crippen molar-refractivity contribution in [1.29, 1.82) is 0 Å². The van der Waals surface area contributed by atoms with Gasteiger partial charge in [-0.15, -0.1) is 11.3 Å². The number of hydrogen-bond donors (Lipinski definition) is 0. The summed E-state index contributed by atoms with van der Waals surface area (Å²) in [7, 11) is 0. The normalized spacial score (nSPS) is 11.0. The molecule has 0 aliphatic rings. The van der Waals surface area contributed by atoms with E-state index in [4.69, 9.17) is 4.74 Å². The van der Waals surface area contributed by atoms with Crippen LogP contribution in [0.5, 0.6) is 5.75 Å². The minimum Gasteiger partial charge on any atom is -0.494 e. The molecule has 27 heavy (non-hydrogen) atoms. The van der Waals surface area contributed by atoms with Crippen LogP contribution in [0.15, 0.2) is 65.0 Å². The molecular formula is C21H17FN2O2S. The highest BCUT2D eigenvalue weighted by atomic mass is 32.1. The van der Waals surface area contributed by atoms with Crippen LogP contribution in [0, 0.1) is 5.82 Å². The van der Waals surface area contributed by atoms with Gasteiger partial charge in [0.2, 0.25) is 0 Å². The van der Waals surface area contributed by atoms with Crippen molar-refractivity contribution >= 4 is 21.6 Å². The number of nitrogens with zero attached hydrogens (tertiary/aromatic N) is 2. The molecule has 2 heterocycles. The third kappa shape index (κ3) is 3.36. The second-order valence-electron chi connectivity index (χ2n) is 6.06. The molecule has 6 heteroatoms. The van der Waals surface area contributed by atoms with E-state index in [0.29, 0.717) is 22.4 Å². The van der Waals surface area contributed by atoms with Gasteiger partial charge in [-0.2, -0.15) is 0 Å². The monoisotopic (exact) mass is 380 g/mol. The summed E-state index contributed by atoms with van der Waals surface area (Å²) in [5.74, 6) is 0.456. The topological polar surface area (TPSA) is 44.1 Å². The van der Waals surface area contributed by atoms with Gasteiger partial charge in [-0.1, -0.05) is 30.3 Å². The number of rotatable bonds is 5. The van der Waals surface area contributed by atoms with E-state index in [1.54, 1.807) is 18.2 Å². The Labute approximate surface area is 159 Å². The second-order valence-corrected chi connectivity index (χ2v) is 6.91. The van der Waals surface area contributed by atoms with Crippen LogP contribution in [0.2, 0.25) is 0 Å². The predicted octanol–water partition coefficient (Wildman–Crippen LogP) is 4.71. The first-order valence-electron chi connectivity index (χ1n) is 8.60.